The minimum atomic E-state index is 0.116. The molecule has 2 aromatic heterocycles. The number of carbonyl (C=O) groups is 1. The number of amides is 1. The van der Waals surface area contributed by atoms with Crippen LogP contribution in [-0.2, 0) is 24.2 Å². The van der Waals surface area contributed by atoms with Crippen LogP contribution in [0.15, 0.2) is 96.5 Å². The van der Waals surface area contributed by atoms with Gasteiger partial charge >= 0.3 is 0 Å². The SMILES string of the molecule is CCOc1ccc(-c2cn3c(CC(=O)N(CCc4ccccc4)Cc4ccccc4)csc3n2)cc1. The number of fused-ring (bicyclic) bond motifs is 1. The van der Waals surface area contributed by atoms with Gasteiger partial charge in [0.2, 0.25) is 5.91 Å². The molecule has 0 bridgehead atoms. The first-order valence-electron chi connectivity index (χ1n) is 12.2. The second kappa shape index (κ2) is 11.2. The average Bonchev–Trinajstić information content (AvgIpc) is 3.50. The number of nitrogens with zero attached hydrogens (tertiary/aromatic N) is 3. The van der Waals surface area contributed by atoms with E-state index in [0.29, 0.717) is 26.1 Å². The molecule has 182 valence electrons. The highest BCUT2D eigenvalue weighted by atomic mass is 32.1. The summed E-state index contributed by atoms with van der Waals surface area (Å²) in [7, 11) is 0. The normalized spacial score (nSPS) is 11.0. The average molecular weight is 496 g/mol. The van der Waals surface area contributed by atoms with Gasteiger partial charge in [0.15, 0.2) is 4.96 Å². The Morgan fingerprint density at radius 3 is 2.33 bits per heavy atom. The third-order valence-electron chi connectivity index (χ3n) is 6.16. The molecule has 5 aromatic rings. The first-order valence-corrected chi connectivity index (χ1v) is 13.1. The molecule has 3 aromatic carbocycles. The van der Waals surface area contributed by atoms with Crippen LogP contribution in [0.4, 0.5) is 0 Å². The molecule has 5 nitrogen and oxygen atoms in total. The Hall–Kier alpha value is -3.90. The van der Waals surface area contributed by atoms with E-state index in [1.54, 1.807) is 11.3 Å². The molecule has 0 N–H and O–H groups in total. The zero-order chi connectivity index (χ0) is 24.7. The second-order valence-corrected chi connectivity index (χ2v) is 9.51. The van der Waals surface area contributed by atoms with Crippen molar-refractivity contribution in [2.24, 2.45) is 0 Å². The largest absolute Gasteiger partial charge is 0.494 e. The Morgan fingerprint density at radius 2 is 1.64 bits per heavy atom. The van der Waals surface area contributed by atoms with E-state index in [0.717, 1.165) is 39.6 Å². The first-order chi connectivity index (χ1) is 17.7. The molecule has 0 atom stereocenters. The van der Waals surface area contributed by atoms with Crippen molar-refractivity contribution < 1.29 is 9.53 Å². The molecule has 0 spiro atoms. The third kappa shape index (κ3) is 5.66. The van der Waals surface area contributed by atoms with Crippen LogP contribution < -0.4 is 4.74 Å². The van der Waals surface area contributed by atoms with Gasteiger partial charge in [0.25, 0.3) is 0 Å². The molecule has 36 heavy (non-hydrogen) atoms. The van der Waals surface area contributed by atoms with Crippen molar-refractivity contribution in [2.75, 3.05) is 13.2 Å². The molecular weight excluding hydrogens is 466 g/mol. The van der Waals surface area contributed by atoms with Crippen LogP contribution in [0.2, 0.25) is 0 Å². The van der Waals surface area contributed by atoms with E-state index in [2.05, 4.69) is 24.3 Å². The van der Waals surface area contributed by atoms with Gasteiger partial charge in [-0.15, -0.1) is 11.3 Å². The molecule has 2 heterocycles. The van der Waals surface area contributed by atoms with E-state index in [-0.39, 0.29) is 5.91 Å². The summed E-state index contributed by atoms with van der Waals surface area (Å²) in [6.45, 7) is 3.89. The van der Waals surface area contributed by atoms with Crippen molar-refractivity contribution in [1.29, 1.82) is 0 Å². The molecule has 5 rings (SSSR count). The van der Waals surface area contributed by atoms with Crippen molar-refractivity contribution in [3.63, 3.8) is 0 Å². The number of carbonyl (C=O) groups excluding carboxylic acids is 1. The third-order valence-corrected chi connectivity index (χ3v) is 7.05. The molecule has 0 aliphatic heterocycles. The van der Waals surface area contributed by atoms with Gasteiger partial charge < -0.3 is 9.64 Å². The predicted molar refractivity (Wildman–Crippen MR) is 145 cm³/mol. The lowest BCUT2D eigenvalue weighted by Gasteiger charge is -2.23. The molecule has 0 aliphatic carbocycles. The summed E-state index contributed by atoms with van der Waals surface area (Å²) in [5, 5.41) is 2.04. The van der Waals surface area contributed by atoms with Crippen molar-refractivity contribution >= 4 is 22.2 Å². The minimum absolute atomic E-state index is 0.116. The first kappa shape index (κ1) is 23.8. The van der Waals surface area contributed by atoms with E-state index in [9.17, 15) is 4.79 Å². The van der Waals surface area contributed by atoms with Gasteiger partial charge in [-0.3, -0.25) is 9.20 Å². The van der Waals surface area contributed by atoms with Gasteiger partial charge in [-0.25, -0.2) is 4.98 Å². The van der Waals surface area contributed by atoms with Crippen LogP contribution in [0, 0.1) is 0 Å². The molecule has 0 unspecified atom stereocenters. The topological polar surface area (TPSA) is 46.8 Å². The van der Waals surface area contributed by atoms with Crippen LogP contribution >= 0.6 is 11.3 Å². The minimum Gasteiger partial charge on any atom is -0.494 e. The molecule has 6 heteroatoms. The summed E-state index contributed by atoms with van der Waals surface area (Å²) in [5.74, 6) is 0.966. The van der Waals surface area contributed by atoms with E-state index in [4.69, 9.17) is 9.72 Å². The molecule has 0 saturated carbocycles. The zero-order valence-corrected chi connectivity index (χ0v) is 21.2. The fraction of sp³-hybridized carbons (Fsp3) is 0.200. The van der Waals surface area contributed by atoms with E-state index in [1.807, 2.05) is 88.5 Å². The molecule has 0 radical (unpaired) electrons. The lowest BCUT2D eigenvalue weighted by atomic mass is 10.1. The Morgan fingerprint density at radius 1 is 0.944 bits per heavy atom. The van der Waals surface area contributed by atoms with Crippen LogP contribution in [0.5, 0.6) is 5.75 Å². The highest BCUT2D eigenvalue weighted by Crippen LogP contribution is 2.26. The maximum atomic E-state index is 13.5. The fourth-order valence-corrected chi connectivity index (χ4v) is 5.13. The van der Waals surface area contributed by atoms with E-state index >= 15 is 0 Å². The summed E-state index contributed by atoms with van der Waals surface area (Å²) in [4.78, 5) is 21.2. The quantitative estimate of drug-likeness (QED) is 0.229. The van der Waals surface area contributed by atoms with E-state index < -0.39 is 0 Å². The maximum absolute atomic E-state index is 13.5. The summed E-state index contributed by atoms with van der Waals surface area (Å²) in [6, 6.07) is 28.5. The van der Waals surface area contributed by atoms with E-state index in [1.165, 1.54) is 5.56 Å². The number of benzene rings is 3. The number of ether oxygens (including phenoxy) is 1. The predicted octanol–water partition coefficient (Wildman–Crippen LogP) is 6.28. The van der Waals surface area contributed by atoms with Crippen LogP contribution in [-0.4, -0.2) is 33.3 Å². The van der Waals surface area contributed by atoms with Gasteiger partial charge in [0.05, 0.1) is 18.7 Å². The molecule has 0 aliphatic rings. The Labute approximate surface area is 215 Å². The Bertz CT molecular complexity index is 1410. The summed E-state index contributed by atoms with van der Waals surface area (Å²) in [5.41, 5.74) is 5.25. The molecule has 1 amide bonds. The van der Waals surface area contributed by atoms with Gasteiger partial charge in [-0.2, -0.15) is 0 Å². The second-order valence-electron chi connectivity index (χ2n) is 8.68. The standard InChI is InChI=1S/C30H29N3O2S/c1-2-35-27-15-13-25(14-16-27)28-21-33-26(22-36-30(33)31-28)19-29(34)32(20-24-11-7-4-8-12-24)18-17-23-9-5-3-6-10-23/h3-16,21-22H,2,17-20H2,1H3. The number of imidazole rings is 1. The summed E-state index contributed by atoms with van der Waals surface area (Å²) >= 11 is 1.57. The maximum Gasteiger partial charge on any atom is 0.228 e. The van der Waals surface area contributed by atoms with Crippen LogP contribution in [0.1, 0.15) is 23.7 Å². The highest BCUT2D eigenvalue weighted by Gasteiger charge is 2.18. The summed E-state index contributed by atoms with van der Waals surface area (Å²) < 4.78 is 7.60. The Balaban J connectivity index is 1.34. The highest BCUT2D eigenvalue weighted by molar-refractivity contribution is 7.15. The van der Waals surface area contributed by atoms with Gasteiger partial charge in [-0.1, -0.05) is 60.7 Å². The Kier molecular flexibility index (Phi) is 7.43. The van der Waals surface area contributed by atoms with Crippen molar-refractivity contribution in [2.45, 2.75) is 26.3 Å². The number of hydrogen-bond donors (Lipinski definition) is 0. The molecular formula is C30H29N3O2S. The number of rotatable bonds is 10. The van der Waals surface area contributed by atoms with Gasteiger partial charge in [0.1, 0.15) is 5.75 Å². The molecule has 0 saturated heterocycles. The van der Waals surface area contributed by atoms with Crippen LogP contribution in [0.3, 0.4) is 0 Å². The smallest absolute Gasteiger partial charge is 0.228 e. The van der Waals surface area contributed by atoms with Crippen LogP contribution in [0.25, 0.3) is 16.2 Å². The number of thiazole rings is 1. The monoisotopic (exact) mass is 495 g/mol. The number of aromatic nitrogens is 2. The lowest BCUT2D eigenvalue weighted by Crippen LogP contribution is -2.34. The van der Waals surface area contributed by atoms with Crippen molar-refractivity contribution in [1.82, 2.24) is 14.3 Å². The van der Waals surface area contributed by atoms with Crippen molar-refractivity contribution in [3.8, 4) is 17.0 Å². The van der Waals surface area contributed by atoms with Gasteiger partial charge in [0, 0.05) is 35.9 Å². The van der Waals surface area contributed by atoms with Crippen molar-refractivity contribution in [3.05, 3.63) is 113 Å². The zero-order valence-electron chi connectivity index (χ0n) is 20.3. The number of hydrogen-bond acceptors (Lipinski definition) is 4. The van der Waals surface area contributed by atoms with Gasteiger partial charge in [-0.05, 0) is 48.7 Å². The fourth-order valence-electron chi connectivity index (χ4n) is 4.26. The summed E-state index contributed by atoms with van der Waals surface area (Å²) in [6.07, 6.45) is 3.18. The molecule has 0 fully saturated rings. The lowest BCUT2D eigenvalue weighted by molar-refractivity contribution is -0.131.